The van der Waals surface area contributed by atoms with Crippen LogP contribution in [0.1, 0.15) is 12.5 Å². The molecule has 2 aliphatic heterocycles. The van der Waals surface area contributed by atoms with Crippen LogP contribution in [0.3, 0.4) is 0 Å². The molecule has 2 N–H and O–H groups in total. The molecule has 120 valence electrons. The second-order valence-corrected chi connectivity index (χ2v) is 6.32. The van der Waals surface area contributed by atoms with E-state index in [-0.39, 0.29) is 11.8 Å². The van der Waals surface area contributed by atoms with Crippen molar-refractivity contribution in [1.82, 2.24) is 10.2 Å². The van der Waals surface area contributed by atoms with Crippen LogP contribution in [0.15, 0.2) is 24.3 Å². The minimum absolute atomic E-state index is 0.0769. The summed E-state index contributed by atoms with van der Waals surface area (Å²) in [5.41, 5.74) is 2.16. The van der Waals surface area contributed by atoms with Crippen LogP contribution >= 0.6 is 0 Å². The number of carbonyl (C=O) groups excluding carboxylic acids is 1. The van der Waals surface area contributed by atoms with Gasteiger partial charge in [-0.05, 0) is 30.2 Å². The predicted molar refractivity (Wildman–Crippen MR) is 86.7 cm³/mol. The lowest BCUT2D eigenvalue weighted by Crippen LogP contribution is -2.35. The minimum atomic E-state index is 0.0769. The average molecular weight is 303 g/mol. The average Bonchev–Trinajstić information content (AvgIpc) is 2.96. The first-order chi connectivity index (χ1) is 10.7. The summed E-state index contributed by atoms with van der Waals surface area (Å²) >= 11 is 0. The molecule has 2 atom stereocenters. The summed E-state index contributed by atoms with van der Waals surface area (Å²) in [6.07, 6.45) is 0. The van der Waals surface area contributed by atoms with Crippen LogP contribution in [-0.2, 0) is 16.1 Å². The molecule has 5 heteroatoms. The Labute approximate surface area is 132 Å². The number of morpholine rings is 1. The number of benzene rings is 1. The third-order valence-corrected chi connectivity index (χ3v) is 4.59. The highest BCUT2D eigenvalue weighted by molar-refractivity contribution is 5.93. The molecule has 2 fully saturated rings. The van der Waals surface area contributed by atoms with Gasteiger partial charge in [0.05, 0.1) is 19.1 Å². The molecule has 0 aromatic heterocycles. The molecule has 2 heterocycles. The summed E-state index contributed by atoms with van der Waals surface area (Å²) in [4.78, 5) is 14.6. The number of anilines is 1. The van der Waals surface area contributed by atoms with E-state index < -0.39 is 0 Å². The van der Waals surface area contributed by atoms with E-state index in [1.54, 1.807) is 0 Å². The van der Waals surface area contributed by atoms with Crippen LogP contribution in [0.4, 0.5) is 5.69 Å². The maximum absolute atomic E-state index is 12.3. The molecule has 1 aromatic rings. The van der Waals surface area contributed by atoms with Gasteiger partial charge in [0, 0.05) is 31.9 Å². The molecule has 1 aromatic carbocycles. The molecule has 1 amide bonds. The standard InChI is InChI=1S/C17H25N3O2/c1-13-10-18-11-16(13)17(21)19-15-4-2-14(3-5-15)12-20-6-8-22-9-7-20/h2-5,13,16,18H,6-12H2,1H3,(H,19,21)/t13-,16-/m1/s1. The molecule has 0 radical (unpaired) electrons. The van der Waals surface area contributed by atoms with E-state index in [9.17, 15) is 4.79 Å². The van der Waals surface area contributed by atoms with Gasteiger partial charge in [-0.15, -0.1) is 0 Å². The summed E-state index contributed by atoms with van der Waals surface area (Å²) in [5, 5.41) is 6.30. The van der Waals surface area contributed by atoms with Crippen LogP contribution in [0.2, 0.25) is 0 Å². The van der Waals surface area contributed by atoms with E-state index >= 15 is 0 Å². The molecule has 2 aliphatic rings. The Balaban J connectivity index is 1.53. The van der Waals surface area contributed by atoms with Gasteiger partial charge in [0.25, 0.3) is 0 Å². The van der Waals surface area contributed by atoms with Gasteiger partial charge >= 0.3 is 0 Å². The molecular formula is C17H25N3O2. The van der Waals surface area contributed by atoms with Gasteiger partial charge < -0.3 is 15.4 Å². The minimum Gasteiger partial charge on any atom is -0.379 e. The Bertz CT molecular complexity index is 497. The molecular weight excluding hydrogens is 278 g/mol. The zero-order chi connectivity index (χ0) is 15.4. The van der Waals surface area contributed by atoms with Gasteiger partial charge in [0.2, 0.25) is 5.91 Å². The number of ether oxygens (including phenoxy) is 1. The van der Waals surface area contributed by atoms with Crippen molar-refractivity contribution < 1.29 is 9.53 Å². The first-order valence-corrected chi connectivity index (χ1v) is 8.13. The zero-order valence-electron chi connectivity index (χ0n) is 13.2. The van der Waals surface area contributed by atoms with E-state index in [1.165, 1.54) is 5.56 Å². The van der Waals surface area contributed by atoms with Crippen LogP contribution in [0, 0.1) is 11.8 Å². The highest BCUT2D eigenvalue weighted by atomic mass is 16.5. The van der Waals surface area contributed by atoms with E-state index in [2.05, 4.69) is 34.6 Å². The SMILES string of the molecule is C[C@@H]1CNC[C@H]1C(=O)Nc1ccc(CN2CCOCC2)cc1. The molecule has 0 unspecified atom stereocenters. The lowest BCUT2D eigenvalue weighted by Gasteiger charge is -2.26. The summed E-state index contributed by atoms with van der Waals surface area (Å²) < 4.78 is 5.36. The topological polar surface area (TPSA) is 53.6 Å². The first kappa shape index (κ1) is 15.5. The van der Waals surface area contributed by atoms with Gasteiger partial charge in [-0.25, -0.2) is 0 Å². The van der Waals surface area contributed by atoms with Gasteiger partial charge in [-0.2, -0.15) is 0 Å². The van der Waals surface area contributed by atoms with Gasteiger partial charge in [-0.3, -0.25) is 9.69 Å². The highest BCUT2D eigenvalue weighted by Gasteiger charge is 2.29. The Morgan fingerprint density at radius 2 is 2.00 bits per heavy atom. The third-order valence-electron chi connectivity index (χ3n) is 4.59. The van der Waals surface area contributed by atoms with Crippen molar-refractivity contribution in [2.24, 2.45) is 11.8 Å². The van der Waals surface area contributed by atoms with Crippen molar-refractivity contribution in [2.45, 2.75) is 13.5 Å². The molecule has 22 heavy (non-hydrogen) atoms. The molecule has 3 rings (SSSR count). The summed E-state index contributed by atoms with van der Waals surface area (Å²) in [6, 6.07) is 8.20. The maximum Gasteiger partial charge on any atom is 0.229 e. The number of nitrogens with zero attached hydrogens (tertiary/aromatic N) is 1. The fourth-order valence-corrected chi connectivity index (χ4v) is 3.11. The molecule has 0 aliphatic carbocycles. The number of nitrogens with one attached hydrogen (secondary N) is 2. The largest absolute Gasteiger partial charge is 0.379 e. The number of hydrogen-bond acceptors (Lipinski definition) is 4. The molecule has 2 saturated heterocycles. The fourth-order valence-electron chi connectivity index (χ4n) is 3.11. The normalized spacial score (nSPS) is 26.0. The van der Waals surface area contributed by atoms with Crippen molar-refractivity contribution in [1.29, 1.82) is 0 Å². The van der Waals surface area contributed by atoms with Gasteiger partial charge in [0.1, 0.15) is 0 Å². The molecule has 5 nitrogen and oxygen atoms in total. The van der Waals surface area contributed by atoms with E-state index in [4.69, 9.17) is 4.74 Å². The van der Waals surface area contributed by atoms with Crippen LogP contribution in [0.5, 0.6) is 0 Å². The maximum atomic E-state index is 12.3. The van der Waals surface area contributed by atoms with E-state index in [0.29, 0.717) is 5.92 Å². The Hall–Kier alpha value is -1.43. The molecule has 0 saturated carbocycles. The van der Waals surface area contributed by atoms with Crippen molar-refractivity contribution >= 4 is 11.6 Å². The summed E-state index contributed by atoms with van der Waals surface area (Å²) in [6.45, 7) is 8.40. The lowest BCUT2D eigenvalue weighted by atomic mass is 9.97. The van der Waals surface area contributed by atoms with Crippen LogP contribution < -0.4 is 10.6 Å². The second kappa shape index (κ2) is 7.22. The number of carbonyl (C=O) groups is 1. The van der Waals surface area contributed by atoms with Gasteiger partial charge in [-0.1, -0.05) is 19.1 Å². The Morgan fingerprint density at radius 1 is 1.27 bits per heavy atom. The highest BCUT2D eigenvalue weighted by Crippen LogP contribution is 2.19. The third kappa shape index (κ3) is 3.85. The van der Waals surface area contributed by atoms with Crippen LogP contribution in [0.25, 0.3) is 0 Å². The smallest absolute Gasteiger partial charge is 0.229 e. The van der Waals surface area contributed by atoms with Crippen molar-refractivity contribution in [2.75, 3.05) is 44.7 Å². The Morgan fingerprint density at radius 3 is 2.64 bits per heavy atom. The summed E-state index contributed by atoms with van der Waals surface area (Å²) in [5.74, 6) is 0.604. The first-order valence-electron chi connectivity index (χ1n) is 8.13. The van der Waals surface area contributed by atoms with Crippen molar-refractivity contribution in [3.05, 3.63) is 29.8 Å². The monoisotopic (exact) mass is 303 g/mol. The zero-order valence-corrected chi connectivity index (χ0v) is 13.2. The predicted octanol–water partition coefficient (Wildman–Crippen LogP) is 1.31. The second-order valence-electron chi connectivity index (χ2n) is 6.32. The van der Waals surface area contributed by atoms with Crippen molar-refractivity contribution in [3.63, 3.8) is 0 Å². The van der Waals surface area contributed by atoms with Crippen LogP contribution in [-0.4, -0.2) is 50.2 Å². The quantitative estimate of drug-likeness (QED) is 0.881. The number of hydrogen-bond donors (Lipinski definition) is 2. The lowest BCUT2D eigenvalue weighted by molar-refractivity contribution is -0.120. The summed E-state index contributed by atoms with van der Waals surface area (Å²) in [7, 11) is 0. The van der Waals surface area contributed by atoms with E-state index in [0.717, 1.165) is 51.6 Å². The fraction of sp³-hybridized carbons (Fsp3) is 0.588. The van der Waals surface area contributed by atoms with E-state index in [1.807, 2.05) is 12.1 Å². The number of amides is 1. The number of rotatable bonds is 4. The molecule has 0 spiro atoms. The van der Waals surface area contributed by atoms with Gasteiger partial charge in [0.15, 0.2) is 0 Å². The van der Waals surface area contributed by atoms with Crippen molar-refractivity contribution in [3.8, 4) is 0 Å². The Kier molecular flexibility index (Phi) is 5.08. The molecule has 0 bridgehead atoms.